The summed E-state index contributed by atoms with van der Waals surface area (Å²) in [6.07, 6.45) is 3.45. The normalized spacial score (nSPS) is 13.7. The average molecular weight is 163 g/mol. The summed E-state index contributed by atoms with van der Waals surface area (Å²) in [5.74, 6) is 0.896. The van der Waals surface area contributed by atoms with E-state index in [1.54, 1.807) is 12.3 Å². The van der Waals surface area contributed by atoms with E-state index in [0.717, 1.165) is 11.1 Å². The van der Waals surface area contributed by atoms with Crippen LogP contribution in [0.3, 0.4) is 0 Å². The molecule has 1 aliphatic rings. The molecule has 1 aromatic heterocycles. The van der Waals surface area contributed by atoms with E-state index in [1.165, 1.54) is 0 Å². The van der Waals surface area contributed by atoms with Crippen LogP contribution in [0, 0.1) is 0 Å². The van der Waals surface area contributed by atoms with Crippen molar-refractivity contribution in [2.24, 2.45) is 0 Å². The molecule has 0 saturated carbocycles. The molecule has 0 amide bonds. The molecule has 0 atom stereocenters. The molecular formula is C8H9N3O. The Bertz CT molecular complexity index is 346. The van der Waals surface area contributed by atoms with E-state index in [2.05, 4.69) is 4.98 Å². The van der Waals surface area contributed by atoms with Gasteiger partial charge in [-0.05, 0) is 17.7 Å². The fourth-order valence-electron chi connectivity index (χ4n) is 1.19. The second-order valence-electron chi connectivity index (χ2n) is 2.61. The van der Waals surface area contributed by atoms with Gasteiger partial charge < -0.3 is 16.2 Å². The molecule has 62 valence electrons. The fraction of sp³-hybridized carbons (Fsp3) is 0.125. The zero-order chi connectivity index (χ0) is 8.55. The molecule has 0 bridgehead atoms. The van der Waals surface area contributed by atoms with Crippen LogP contribution in [0.1, 0.15) is 11.1 Å². The number of nitrogens with zero attached hydrogens (tertiary/aromatic N) is 1. The molecule has 4 N–H and O–H groups in total. The number of nitrogen functional groups attached to an aromatic ring is 2. The van der Waals surface area contributed by atoms with Crippen molar-refractivity contribution < 1.29 is 4.74 Å². The minimum absolute atomic E-state index is 0.442. The number of pyridine rings is 1. The van der Waals surface area contributed by atoms with Crippen LogP contribution in [0.5, 0.6) is 0 Å². The van der Waals surface area contributed by atoms with E-state index in [9.17, 15) is 0 Å². The first-order valence-corrected chi connectivity index (χ1v) is 3.60. The van der Waals surface area contributed by atoms with Gasteiger partial charge >= 0.3 is 0 Å². The molecule has 2 heterocycles. The Morgan fingerprint density at radius 2 is 2.25 bits per heavy atom. The zero-order valence-electron chi connectivity index (χ0n) is 6.45. The smallest absolute Gasteiger partial charge is 0.133 e. The van der Waals surface area contributed by atoms with E-state index >= 15 is 0 Å². The molecule has 0 fully saturated rings. The Balaban J connectivity index is 2.62. The molecule has 4 nitrogen and oxygen atoms in total. The maximum absolute atomic E-state index is 5.64. The Hall–Kier alpha value is -1.71. The summed E-state index contributed by atoms with van der Waals surface area (Å²) in [6, 6.07) is 1.78. The standard InChI is InChI=1S/C8H9N3O/c9-7-3-5-1-2-12-4-6(5)8(10)11-7/h1-3H,4H2,(H4,9,10,11). The van der Waals surface area contributed by atoms with Gasteiger partial charge in [0, 0.05) is 5.56 Å². The number of anilines is 2. The molecule has 1 aliphatic heterocycles. The number of aromatic nitrogens is 1. The second-order valence-corrected chi connectivity index (χ2v) is 2.61. The van der Waals surface area contributed by atoms with Gasteiger partial charge in [0.2, 0.25) is 0 Å². The van der Waals surface area contributed by atoms with Crippen LogP contribution in [-0.2, 0) is 11.3 Å². The van der Waals surface area contributed by atoms with Crippen LogP contribution >= 0.6 is 0 Å². The average Bonchev–Trinajstić information content (AvgIpc) is 2.04. The topological polar surface area (TPSA) is 74.2 Å². The molecule has 4 heteroatoms. The zero-order valence-corrected chi connectivity index (χ0v) is 6.45. The monoisotopic (exact) mass is 163 g/mol. The van der Waals surface area contributed by atoms with E-state index in [0.29, 0.717) is 18.2 Å². The molecule has 0 radical (unpaired) electrons. The summed E-state index contributed by atoms with van der Waals surface area (Å²) >= 11 is 0. The van der Waals surface area contributed by atoms with E-state index in [-0.39, 0.29) is 0 Å². The van der Waals surface area contributed by atoms with Crippen molar-refractivity contribution >= 4 is 17.7 Å². The van der Waals surface area contributed by atoms with Crippen LogP contribution in [0.2, 0.25) is 0 Å². The number of ether oxygens (including phenoxy) is 1. The highest BCUT2D eigenvalue weighted by molar-refractivity contribution is 5.64. The number of fused-ring (bicyclic) bond motifs is 1. The highest BCUT2D eigenvalue weighted by atomic mass is 16.5. The summed E-state index contributed by atoms with van der Waals surface area (Å²) in [4.78, 5) is 3.93. The van der Waals surface area contributed by atoms with Crippen LogP contribution in [0.25, 0.3) is 6.08 Å². The summed E-state index contributed by atoms with van der Waals surface area (Å²) in [5.41, 5.74) is 13.1. The maximum atomic E-state index is 5.64. The van der Waals surface area contributed by atoms with Gasteiger partial charge in [-0.3, -0.25) is 0 Å². The number of hydrogen-bond acceptors (Lipinski definition) is 4. The molecule has 0 aromatic carbocycles. The lowest BCUT2D eigenvalue weighted by Crippen LogP contribution is -2.06. The van der Waals surface area contributed by atoms with Gasteiger partial charge in [0.25, 0.3) is 0 Å². The number of rotatable bonds is 0. The van der Waals surface area contributed by atoms with E-state index < -0.39 is 0 Å². The third kappa shape index (κ3) is 0.972. The van der Waals surface area contributed by atoms with Crippen LogP contribution in [0.4, 0.5) is 11.6 Å². The maximum Gasteiger partial charge on any atom is 0.133 e. The van der Waals surface area contributed by atoms with Crippen molar-refractivity contribution in [1.82, 2.24) is 4.98 Å². The lowest BCUT2D eigenvalue weighted by Gasteiger charge is -2.13. The van der Waals surface area contributed by atoms with Crippen LogP contribution in [0.15, 0.2) is 12.3 Å². The predicted molar refractivity (Wildman–Crippen MR) is 46.9 cm³/mol. The van der Waals surface area contributed by atoms with Gasteiger partial charge in [0.1, 0.15) is 18.2 Å². The van der Waals surface area contributed by atoms with E-state index in [1.807, 2.05) is 6.08 Å². The Morgan fingerprint density at radius 1 is 1.42 bits per heavy atom. The van der Waals surface area contributed by atoms with Crippen molar-refractivity contribution in [1.29, 1.82) is 0 Å². The van der Waals surface area contributed by atoms with Gasteiger partial charge in [0.05, 0.1) is 6.26 Å². The Labute approximate surface area is 69.8 Å². The van der Waals surface area contributed by atoms with E-state index in [4.69, 9.17) is 16.2 Å². The molecule has 0 aliphatic carbocycles. The van der Waals surface area contributed by atoms with Crippen LogP contribution < -0.4 is 11.5 Å². The lowest BCUT2D eigenvalue weighted by molar-refractivity contribution is 0.235. The Kier molecular flexibility index (Phi) is 1.40. The highest BCUT2D eigenvalue weighted by Crippen LogP contribution is 2.23. The van der Waals surface area contributed by atoms with Crippen molar-refractivity contribution in [2.75, 3.05) is 11.5 Å². The quantitative estimate of drug-likeness (QED) is 0.591. The second kappa shape index (κ2) is 2.41. The summed E-state index contributed by atoms with van der Waals surface area (Å²) in [5, 5.41) is 0. The summed E-state index contributed by atoms with van der Waals surface area (Å²) < 4.78 is 5.08. The summed E-state index contributed by atoms with van der Waals surface area (Å²) in [6.45, 7) is 0.477. The highest BCUT2D eigenvalue weighted by Gasteiger charge is 2.10. The van der Waals surface area contributed by atoms with Gasteiger partial charge in [-0.25, -0.2) is 4.98 Å². The molecular weight excluding hydrogens is 154 g/mol. The largest absolute Gasteiger partial charge is 0.496 e. The first kappa shape index (κ1) is 6.97. The summed E-state index contributed by atoms with van der Waals surface area (Å²) in [7, 11) is 0. The minimum atomic E-state index is 0.442. The van der Waals surface area contributed by atoms with Crippen molar-refractivity contribution in [3.8, 4) is 0 Å². The lowest BCUT2D eigenvalue weighted by atomic mass is 10.1. The molecule has 0 unspecified atom stereocenters. The predicted octanol–water partition coefficient (Wildman–Crippen LogP) is 0.747. The first-order valence-electron chi connectivity index (χ1n) is 3.60. The number of hydrogen-bond donors (Lipinski definition) is 2. The third-order valence-electron chi connectivity index (χ3n) is 1.78. The van der Waals surface area contributed by atoms with Crippen molar-refractivity contribution in [2.45, 2.75) is 6.61 Å². The van der Waals surface area contributed by atoms with Gasteiger partial charge in [-0.15, -0.1) is 0 Å². The first-order chi connectivity index (χ1) is 5.77. The van der Waals surface area contributed by atoms with Crippen molar-refractivity contribution in [3.63, 3.8) is 0 Å². The molecule has 12 heavy (non-hydrogen) atoms. The molecule has 2 rings (SSSR count). The van der Waals surface area contributed by atoms with Gasteiger partial charge in [-0.1, -0.05) is 0 Å². The van der Waals surface area contributed by atoms with Gasteiger partial charge in [0.15, 0.2) is 0 Å². The number of nitrogens with two attached hydrogens (primary N) is 2. The molecule has 0 saturated heterocycles. The minimum Gasteiger partial charge on any atom is -0.496 e. The molecule has 1 aromatic rings. The molecule has 0 spiro atoms. The fourth-order valence-corrected chi connectivity index (χ4v) is 1.19. The van der Waals surface area contributed by atoms with Crippen molar-refractivity contribution in [3.05, 3.63) is 23.5 Å². The SMILES string of the molecule is Nc1cc2c(c(N)n1)COC=C2. The Morgan fingerprint density at radius 3 is 3.08 bits per heavy atom. The van der Waals surface area contributed by atoms with Gasteiger partial charge in [-0.2, -0.15) is 0 Å². The van der Waals surface area contributed by atoms with Crippen LogP contribution in [-0.4, -0.2) is 4.98 Å². The third-order valence-corrected chi connectivity index (χ3v) is 1.78.